The van der Waals surface area contributed by atoms with Crippen LogP contribution < -0.4 is 37.5 Å². The summed E-state index contributed by atoms with van der Waals surface area (Å²) in [6.07, 6.45) is 10.3. The van der Waals surface area contributed by atoms with Gasteiger partial charge in [-0.3, -0.25) is 0 Å². The van der Waals surface area contributed by atoms with Crippen LogP contribution in [0.5, 0.6) is 0 Å². The molecule has 13 aromatic rings. The number of aromatic nitrogens is 21. The van der Waals surface area contributed by atoms with Crippen molar-refractivity contribution >= 4 is 0 Å². The first-order chi connectivity index (χ1) is 38.6. The monoisotopic (exact) mass is 1020 g/mol. The van der Waals surface area contributed by atoms with Gasteiger partial charge in [0, 0.05) is 39.5 Å². The minimum Gasteiger partial charge on any atom is -0.208 e. The van der Waals surface area contributed by atoms with Gasteiger partial charge in [-0.05, 0) is 115 Å². The molecule has 0 bridgehead atoms. The van der Waals surface area contributed by atoms with E-state index in [4.69, 9.17) is 55.7 Å². The number of rotatable bonds is 12. The minimum absolute atomic E-state index is 0.416. The first kappa shape index (κ1) is 46.2. The normalized spacial score (nSPS) is 11.1. The SMILES string of the molecule is c1ccc(-c2n[n+](-c3ccccn3)c[n+](-c3cccc(-[n+]4c[n+](-c5cccc(-[n+]6c[n+](-c7cccc(-[n+]8c[n+](-c9ccccn9)nc(-c9ccccc9)n8)n7)nc(-c7ccccc7)n6)n5)nc(-c5ccccc5)n4)n3)n2)cc1. The van der Waals surface area contributed by atoms with E-state index in [1.807, 2.05) is 212 Å². The van der Waals surface area contributed by atoms with Crippen LogP contribution in [0.25, 0.3) is 92.1 Å². The summed E-state index contributed by atoms with van der Waals surface area (Å²) in [6.45, 7) is 0. The van der Waals surface area contributed by atoms with E-state index in [1.54, 1.807) is 75.2 Å². The number of hydrogen-bond donors (Lipinski definition) is 0. The van der Waals surface area contributed by atoms with E-state index in [-0.39, 0.29) is 0 Å². The lowest BCUT2D eigenvalue weighted by Crippen LogP contribution is -2.53. The molecule has 0 aliphatic heterocycles. The van der Waals surface area contributed by atoms with Gasteiger partial charge in [-0.1, -0.05) is 127 Å². The van der Waals surface area contributed by atoms with Crippen molar-refractivity contribution in [2.75, 3.05) is 0 Å². The Kier molecular flexibility index (Phi) is 12.3. The van der Waals surface area contributed by atoms with Crippen LogP contribution in [0.3, 0.4) is 0 Å². The first-order valence-electron chi connectivity index (χ1n) is 24.5. The van der Waals surface area contributed by atoms with E-state index in [0.29, 0.717) is 69.8 Å². The van der Waals surface area contributed by atoms with Gasteiger partial charge >= 0.3 is 66.0 Å². The van der Waals surface area contributed by atoms with Gasteiger partial charge in [-0.2, -0.15) is 0 Å². The Morgan fingerprint density at radius 3 is 0.615 bits per heavy atom. The van der Waals surface area contributed by atoms with E-state index in [2.05, 4.69) is 9.97 Å². The summed E-state index contributed by atoms with van der Waals surface area (Å²) in [5.74, 6) is 5.87. The zero-order valence-corrected chi connectivity index (χ0v) is 41.1. The summed E-state index contributed by atoms with van der Waals surface area (Å²) in [5, 5.41) is 39.4. The third-order valence-corrected chi connectivity index (χ3v) is 12.0. The van der Waals surface area contributed by atoms with Gasteiger partial charge in [-0.15, -0.1) is 0 Å². The van der Waals surface area contributed by atoms with Gasteiger partial charge in [0.1, 0.15) is 0 Å². The molecule has 4 aromatic carbocycles. The average Bonchev–Trinajstić information content (AvgIpc) is 3.56. The summed E-state index contributed by atoms with van der Waals surface area (Å²) >= 11 is 0. The van der Waals surface area contributed by atoms with Crippen molar-refractivity contribution < 1.29 is 37.5 Å². The summed E-state index contributed by atoms with van der Waals surface area (Å²) in [4.78, 5) is 24.4. The molecule has 0 aliphatic carbocycles. The highest BCUT2D eigenvalue weighted by molar-refractivity contribution is 5.55. The highest BCUT2D eigenvalue weighted by Gasteiger charge is 2.34. The Morgan fingerprint density at radius 1 is 0.192 bits per heavy atom. The van der Waals surface area contributed by atoms with Crippen molar-refractivity contribution in [1.29, 1.82) is 0 Å². The third kappa shape index (κ3) is 9.81. The lowest BCUT2D eigenvalue weighted by Gasteiger charge is -2.00. The van der Waals surface area contributed by atoms with E-state index >= 15 is 0 Å². The first-order valence-corrected chi connectivity index (χ1v) is 24.5. The van der Waals surface area contributed by atoms with Gasteiger partial charge in [0.15, 0.2) is 6.20 Å². The van der Waals surface area contributed by atoms with Crippen LogP contribution in [-0.4, -0.2) is 65.7 Å². The number of nitrogens with zero attached hydrogens (tertiary/aromatic N) is 21. The van der Waals surface area contributed by atoms with Gasteiger partial charge < -0.3 is 0 Å². The van der Waals surface area contributed by atoms with Crippen molar-refractivity contribution in [2.45, 2.75) is 0 Å². The van der Waals surface area contributed by atoms with Crippen LogP contribution in [-0.2, 0) is 0 Å². The molecule has 9 heterocycles. The van der Waals surface area contributed by atoms with Crippen molar-refractivity contribution in [3.8, 4) is 92.1 Å². The zero-order chi connectivity index (χ0) is 52.0. The molecule has 9 aromatic heterocycles. The van der Waals surface area contributed by atoms with E-state index < -0.39 is 0 Å². The molecule has 0 unspecified atom stereocenters. The van der Waals surface area contributed by atoms with E-state index in [1.165, 1.54) is 0 Å². The van der Waals surface area contributed by atoms with Crippen LogP contribution in [0.15, 0.2) is 250 Å². The fourth-order valence-corrected chi connectivity index (χ4v) is 8.19. The number of benzene rings is 4. The Balaban J connectivity index is 0.902. The maximum atomic E-state index is 5.16. The second-order valence-electron chi connectivity index (χ2n) is 17.2. The van der Waals surface area contributed by atoms with Crippen LogP contribution >= 0.6 is 0 Å². The molecule has 0 aliphatic rings. The van der Waals surface area contributed by atoms with Crippen molar-refractivity contribution in [2.24, 2.45) is 0 Å². The second kappa shape index (κ2) is 20.7. The quantitative estimate of drug-likeness (QED) is 0.162. The fourth-order valence-electron chi connectivity index (χ4n) is 8.19. The molecule has 366 valence electrons. The summed E-state index contributed by atoms with van der Waals surface area (Å²) in [7, 11) is 0. The van der Waals surface area contributed by atoms with Gasteiger partial charge in [-0.25, -0.2) is 4.98 Å². The van der Waals surface area contributed by atoms with Gasteiger partial charge in [0.05, 0.1) is 57.4 Å². The largest absolute Gasteiger partial charge is 0.422 e. The van der Waals surface area contributed by atoms with Crippen LogP contribution in [0.4, 0.5) is 0 Å². The van der Waals surface area contributed by atoms with Crippen LogP contribution in [0, 0.1) is 0 Å². The molecule has 21 heteroatoms. The lowest BCUT2D eigenvalue weighted by molar-refractivity contribution is -0.807. The molecule has 0 saturated carbocycles. The smallest absolute Gasteiger partial charge is 0.208 e. The average molecular weight is 1020 g/mol. The van der Waals surface area contributed by atoms with Crippen LogP contribution in [0.1, 0.15) is 0 Å². The van der Waals surface area contributed by atoms with Crippen molar-refractivity contribution in [3.05, 3.63) is 250 Å². The van der Waals surface area contributed by atoms with Crippen molar-refractivity contribution in [3.63, 3.8) is 0 Å². The maximum absolute atomic E-state index is 5.16. The molecule has 0 amide bonds. The Labute approximate surface area is 443 Å². The summed E-state index contributed by atoms with van der Waals surface area (Å²) in [6, 6.07) is 67.0. The standard InChI is InChI=1S/C57H41N21/c1-5-20-42(21-6-1)54-63-71(46-28-13-15-36-58-46)38-73(65-54)48-30-17-32-50(60-48)75-40-77(69-56(67-75)44-24-9-3-10-25-44)52-34-19-35-53(62-52)78-41-76(68-57(70-78)45-26-11-4-12-27-45)51-33-18-31-49(61-51)74-39-72(47-29-14-16-37-59-47)64-55(66-74)43-22-7-2-8-23-43/h1-41H/q+8. The molecule has 0 atom stereocenters. The maximum Gasteiger partial charge on any atom is 0.422 e. The van der Waals surface area contributed by atoms with Gasteiger partial charge in [0.25, 0.3) is 29.1 Å². The molecule has 0 spiro atoms. The predicted molar refractivity (Wildman–Crippen MR) is 272 cm³/mol. The highest BCUT2D eigenvalue weighted by atomic mass is 15.5. The fraction of sp³-hybridized carbons (Fsp3) is 0. The lowest BCUT2D eigenvalue weighted by atomic mass is 10.2. The van der Waals surface area contributed by atoms with Crippen LogP contribution in [0.2, 0.25) is 0 Å². The summed E-state index contributed by atoms with van der Waals surface area (Å²) < 4.78 is 13.3. The Morgan fingerprint density at radius 2 is 0.397 bits per heavy atom. The molecular formula is C57H41N21+8. The molecule has 78 heavy (non-hydrogen) atoms. The number of hydrogen-bond acceptors (Lipinski definition) is 13. The predicted octanol–water partition coefficient (Wildman–Crippen LogP) is 2.70. The molecule has 0 fully saturated rings. The molecular weight excluding hydrogens is 979 g/mol. The Bertz CT molecular complexity index is 3880. The topological polar surface area (TPSA) is 199 Å². The molecule has 0 N–H and O–H groups in total. The van der Waals surface area contributed by atoms with Crippen molar-refractivity contribution in [1.82, 2.24) is 65.7 Å². The van der Waals surface area contributed by atoms with Gasteiger partial charge in [0.2, 0.25) is 0 Å². The summed E-state index contributed by atoms with van der Waals surface area (Å²) in [5.41, 5.74) is 3.20. The molecule has 21 nitrogen and oxygen atoms in total. The molecule has 13 rings (SSSR count). The third-order valence-electron chi connectivity index (χ3n) is 12.0. The van der Waals surface area contributed by atoms with E-state index in [0.717, 1.165) is 22.3 Å². The second-order valence-corrected chi connectivity index (χ2v) is 17.2. The minimum atomic E-state index is 0.416. The highest BCUT2D eigenvalue weighted by Crippen LogP contribution is 2.16. The Hall–Kier alpha value is -11.6. The molecule has 0 saturated heterocycles. The van der Waals surface area contributed by atoms with E-state index in [9.17, 15) is 0 Å². The molecule has 0 radical (unpaired) electrons. The number of pyridine rings is 5. The zero-order valence-electron chi connectivity index (χ0n) is 41.1.